The molecule has 11 nitrogen and oxygen atoms in total. The van der Waals surface area contributed by atoms with Gasteiger partial charge < -0.3 is 25.2 Å². The molecule has 0 bridgehead atoms. The molecule has 0 radical (unpaired) electrons. The van der Waals surface area contributed by atoms with Crippen LogP contribution in [0.4, 0.5) is 28.8 Å². The van der Waals surface area contributed by atoms with E-state index < -0.39 is 0 Å². The summed E-state index contributed by atoms with van der Waals surface area (Å²) in [5, 5.41) is 16.6. The van der Waals surface area contributed by atoms with Crippen LogP contribution in [0.2, 0.25) is 0 Å². The summed E-state index contributed by atoms with van der Waals surface area (Å²) in [6.45, 7) is 1.96. The molecule has 0 atom stereocenters. The molecule has 2 aromatic heterocycles. The molecule has 196 valence electrons. The van der Waals surface area contributed by atoms with Gasteiger partial charge in [0.1, 0.15) is 12.2 Å². The van der Waals surface area contributed by atoms with Crippen LogP contribution >= 0.6 is 15.9 Å². The Kier molecular flexibility index (Phi) is 8.74. The van der Waals surface area contributed by atoms with Gasteiger partial charge in [-0.05, 0) is 71.1 Å². The van der Waals surface area contributed by atoms with Crippen molar-refractivity contribution in [2.75, 3.05) is 49.4 Å². The van der Waals surface area contributed by atoms with Crippen LogP contribution in [0.3, 0.4) is 0 Å². The van der Waals surface area contributed by atoms with Gasteiger partial charge in [0, 0.05) is 50.5 Å². The first-order chi connectivity index (χ1) is 17.9. The lowest BCUT2D eigenvalue weighted by Crippen LogP contribution is -2.34. The zero-order chi connectivity index (χ0) is 26.4. The van der Waals surface area contributed by atoms with Gasteiger partial charge >= 0.3 is 0 Å². The third-order valence-corrected chi connectivity index (χ3v) is 6.89. The van der Waals surface area contributed by atoms with Crippen molar-refractivity contribution in [3.8, 4) is 0 Å². The topological polar surface area (TPSA) is 125 Å². The number of pyridine rings is 1. The average Bonchev–Trinajstić information content (AvgIpc) is 2.92. The third-order valence-electron chi connectivity index (χ3n) is 6.31. The first-order valence-corrected chi connectivity index (χ1v) is 12.7. The second kappa shape index (κ2) is 12.2. The number of aromatic nitrogens is 3. The zero-order valence-electron chi connectivity index (χ0n) is 20.7. The average molecular weight is 572 g/mol. The molecule has 3 heterocycles. The molecular formula is C25H30BrN7O4. The summed E-state index contributed by atoms with van der Waals surface area (Å²) in [6.07, 6.45) is 5.11. The largest absolute Gasteiger partial charge is 0.396 e. The summed E-state index contributed by atoms with van der Waals surface area (Å²) >= 11 is 3.43. The monoisotopic (exact) mass is 571 g/mol. The van der Waals surface area contributed by atoms with Crippen LogP contribution in [0.5, 0.6) is 0 Å². The highest BCUT2D eigenvalue weighted by Gasteiger charge is 2.19. The van der Waals surface area contributed by atoms with Crippen molar-refractivity contribution in [3.63, 3.8) is 0 Å². The third kappa shape index (κ3) is 6.64. The van der Waals surface area contributed by atoms with Crippen LogP contribution in [0.1, 0.15) is 12.8 Å². The smallest absolute Gasteiger partial charge is 0.274 e. The summed E-state index contributed by atoms with van der Waals surface area (Å²) in [5.74, 6) is 0.789. The van der Waals surface area contributed by atoms with Crippen LogP contribution in [0.25, 0.3) is 0 Å². The second-order valence-corrected chi connectivity index (χ2v) is 9.58. The van der Waals surface area contributed by atoms with Crippen molar-refractivity contribution >= 4 is 50.7 Å². The molecule has 3 N–H and O–H groups in total. The van der Waals surface area contributed by atoms with Gasteiger partial charge in [0.05, 0.1) is 11.6 Å². The first-order valence-electron chi connectivity index (χ1n) is 11.9. The molecule has 1 aromatic carbocycles. The number of benzene rings is 1. The standard InChI is InChI=1S/C25H30BrN7O4/c1-31(37-2)22(35)15-33-11-3-4-21(24(33)36)29-23-20(26)14-27-25(30-23)28-18-5-7-19(8-6-18)32-12-9-17(16-34)10-13-32/h3-8,11,14,17,34H,9-10,12-13,15-16H2,1-2H3,(H2,27,28,29,30). The Morgan fingerprint density at radius 1 is 1.22 bits per heavy atom. The fourth-order valence-electron chi connectivity index (χ4n) is 4.00. The number of aliphatic hydroxyl groups is 1. The number of hydrogen-bond acceptors (Lipinski definition) is 9. The van der Waals surface area contributed by atoms with Crippen molar-refractivity contribution in [1.29, 1.82) is 0 Å². The Hall–Kier alpha value is -3.48. The molecule has 37 heavy (non-hydrogen) atoms. The Morgan fingerprint density at radius 2 is 1.95 bits per heavy atom. The summed E-state index contributed by atoms with van der Waals surface area (Å²) in [5.41, 5.74) is 1.84. The normalized spacial score (nSPS) is 13.9. The number of hydroxylamine groups is 2. The number of carbonyl (C=O) groups excluding carboxylic acids is 1. The van der Waals surface area contributed by atoms with Crippen LogP contribution in [0.15, 0.2) is 58.1 Å². The minimum absolute atomic E-state index is 0.161. The molecule has 0 unspecified atom stereocenters. The molecule has 1 aliphatic rings. The van der Waals surface area contributed by atoms with E-state index in [-0.39, 0.29) is 30.3 Å². The number of amides is 1. The quantitative estimate of drug-likeness (QED) is 0.332. The molecular weight excluding hydrogens is 542 g/mol. The lowest BCUT2D eigenvalue weighted by atomic mass is 9.97. The molecule has 0 spiro atoms. The van der Waals surface area contributed by atoms with E-state index in [0.29, 0.717) is 22.2 Å². The van der Waals surface area contributed by atoms with E-state index in [2.05, 4.69) is 41.4 Å². The number of nitrogens with one attached hydrogen (secondary N) is 2. The van der Waals surface area contributed by atoms with E-state index in [9.17, 15) is 14.7 Å². The Morgan fingerprint density at radius 3 is 2.62 bits per heavy atom. The molecule has 4 rings (SSSR count). The maximum absolute atomic E-state index is 12.9. The van der Waals surface area contributed by atoms with Crippen molar-refractivity contribution in [2.45, 2.75) is 19.4 Å². The van der Waals surface area contributed by atoms with Gasteiger partial charge in [0.15, 0.2) is 5.82 Å². The number of hydrogen-bond donors (Lipinski definition) is 3. The number of piperidine rings is 1. The van der Waals surface area contributed by atoms with Gasteiger partial charge in [0.25, 0.3) is 11.5 Å². The van der Waals surface area contributed by atoms with E-state index in [4.69, 9.17) is 4.84 Å². The molecule has 0 saturated carbocycles. The Balaban J connectivity index is 1.44. The van der Waals surface area contributed by atoms with Gasteiger partial charge in [-0.2, -0.15) is 4.98 Å². The number of likely N-dealkylation sites (N-methyl/N-ethyl adjacent to an activating group) is 1. The lowest BCUT2D eigenvalue weighted by molar-refractivity contribution is -0.169. The number of aliphatic hydroxyl groups excluding tert-OH is 1. The van der Waals surface area contributed by atoms with Gasteiger partial charge in [-0.25, -0.2) is 10.0 Å². The van der Waals surface area contributed by atoms with E-state index >= 15 is 0 Å². The van der Waals surface area contributed by atoms with Crippen LogP contribution in [-0.2, 0) is 16.2 Å². The number of anilines is 5. The molecule has 3 aromatic rings. The number of nitrogens with zero attached hydrogens (tertiary/aromatic N) is 5. The number of halogens is 1. The molecule has 12 heteroatoms. The van der Waals surface area contributed by atoms with Crippen molar-refractivity contribution < 1.29 is 14.7 Å². The van der Waals surface area contributed by atoms with Crippen LogP contribution < -0.4 is 21.1 Å². The molecule has 1 amide bonds. The molecule has 1 aliphatic heterocycles. The molecule has 1 fully saturated rings. The van der Waals surface area contributed by atoms with Gasteiger partial charge in [-0.1, -0.05) is 0 Å². The fourth-order valence-corrected chi connectivity index (χ4v) is 4.29. The van der Waals surface area contributed by atoms with Crippen molar-refractivity contribution in [1.82, 2.24) is 19.6 Å². The number of carbonyl (C=O) groups is 1. The predicted octanol–water partition coefficient (Wildman–Crippen LogP) is 3.12. The highest BCUT2D eigenvalue weighted by molar-refractivity contribution is 9.10. The van der Waals surface area contributed by atoms with E-state index in [1.54, 1.807) is 18.3 Å². The van der Waals surface area contributed by atoms with E-state index in [1.807, 2.05) is 24.3 Å². The summed E-state index contributed by atoms with van der Waals surface area (Å²) in [4.78, 5) is 41.1. The lowest BCUT2D eigenvalue weighted by Gasteiger charge is -2.32. The molecule has 1 saturated heterocycles. The summed E-state index contributed by atoms with van der Waals surface area (Å²) in [7, 11) is 2.87. The van der Waals surface area contributed by atoms with Crippen LogP contribution in [0, 0.1) is 5.92 Å². The van der Waals surface area contributed by atoms with Crippen molar-refractivity contribution in [3.05, 3.63) is 63.6 Å². The summed E-state index contributed by atoms with van der Waals surface area (Å²) < 4.78 is 1.87. The molecule has 0 aliphatic carbocycles. The van der Waals surface area contributed by atoms with E-state index in [1.165, 1.54) is 24.9 Å². The second-order valence-electron chi connectivity index (χ2n) is 8.73. The number of rotatable bonds is 9. The van der Waals surface area contributed by atoms with Gasteiger partial charge in [0.2, 0.25) is 5.95 Å². The highest BCUT2D eigenvalue weighted by Crippen LogP contribution is 2.27. The zero-order valence-corrected chi connectivity index (χ0v) is 22.3. The van der Waals surface area contributed by atoms with Gasteiger partial charge in [-0.3, -0.25) is 14.4 Å². The highest BCUT2D eigenvalue weighted by atomic mass is 79.9. The van der Waals surface area contributed by atoms with E-state index in [0.717, 1.165) is 42.4 Å². The minimum atomic E-state index is -0.376. The maximum Gasteiger partial charge on any atom is 0.274 e. The Labute approximate surface area is 223 Å². The predicted molar refractivity (Wildman–Crippen MR) is 145 cm³/mol. The maximum atomic E-state index is 12.9. The first kappa shape index (κ1) is 26.6. The van der Waals surface area contributed by atoms with Crippen LogP contribution in [-0.4, -0.2) is 64.5 Å². The van der Waals surface area contributed by atoms with Crippen molar-refractivity contribution in [2.24, 2.45) is 5.92 Å². The minimum Gasteiger partial charge on any atom is -0.396 e. The Bertz CT molecular complexity index is 1280. The SMILES string of the molecule is CON(C)C(=O)Cn1cccc(Nc2nc(Nc3ccc(N4CCC(CO)CC4)cc3)ncc2Br)c1=O. The summed E-state index contributed by atoms with van der Waals surface area (Å²) in [6, 6.07) is 11.3. The fraction of sp³-hybridized carbons (Fsp3) is 0.360. The van der Waals surface area contributed by atoms with Gasteiger partial charge in [-0.15, -0.1) is 0 Å².